The number of methoxy groups -OCH3 is 2. The molecule has 43 heavy (non-hydrogen) atoms. The van der Waals surface area contributed by atoms with Gasteiger partial charge in [0.2, 0.25) is 5.43 Å². The summed E-state index contributed by atoms with van der Waals surface area (Å²) >= 11 is 1.53. The van der Waals surface area contributed by atoms with E-state index < -0.39 is 6.16 Å². The average molecular weight is 599 g/mol. The fraction of sp³-hybridized carbons (Fsp3) is 0.235. The first-order valence-corrected chi connectivity index (χ1v) is 14.8. The lowest BCUT2D eigenvalue weighted by Gasteiger charge is -2.18. The highest BCUT2D eigenvalue weighted by Gasteiger charge is 2.24. The largest absolute Gasteiger partial charge is 0.514 e. The molecule has 0 saturated heterocycles. The van der Waals surface area contributed by atoms with Crippen molar-refractivity contribution in [3.05, 3.63) is 112 Å². The highest BCUT2D eigenvalue weighted by atomic mass is 32.1. The summed E-state index contributed by atoms with van der Waals surface area (Å²) in [4.78, 5) is 30.4. The number of aromatic nitrogens is 1. The minimum atomic E-state index is -0.920. The molecule has 0 bridgehead atoms. The van der Waals surface area contributed by atoms with Crippen molar-refractivity contribution in [1.29, 1.82) is 0 Å². The molecule has 5 aromatic rings. The van der Waals surface area contributed by atoms with Crippen molar-refractivity contribution in [2.75, 3.05) is 27.9 Å². The van der Waals surface area contributed by atoms with Crippen molar-refractivity contribution in [3.63, 3.8) is 0 Å². The lowest BCUT2D eigenvalue weighted by Crippen LogP contribution is -2.21. The summed E-state index contributed by atoms with van der Waals surface area (Å²) in [6.45, 7) is 3.39. The van der Waals surface area contributed by atoms with Crippen LogP contribution in [0.25, 0.3) is 20.7 Å². The standard InChI is InChI=1S/C34H34N2O6S/c1-5-41-34(38)42-29-22-36(20-25-13-9-10-14-28(25)40-4)33-30(31(29)37)27(21-35(2)19-23-11-7-6-8-12-23)32(43-33)24-15-17-26(39-3)18-16-24/h6-18,22H,5,19-21H2,1-4H3. The molecule has 0 aliphatic heterocycles. The van der Waals surface area contributed by atoms with Gasteiger partial charge in [-0.25, -0.2) is 4.79 Å². The van der Waals surface area contributed by atoms with Crippen LogP contribution in [0.5, 0.6) is 17.2 Å². The molecule has 2 aromatic heterocycles. The van der Waals surface area contributed by atoms with Crippen molar-refractivity contribution in [3.8, 4) is 27.7 Å². The molecule has 0 aliphatic rings. The minimum Gasteiger partial charge on any atom is -0.497 e. The number of carbonyl (C=O) groups is 1. The Morgan fingerprint density at radius 3 is 2.30 bits per heavy atom. The van der Waals surface area contributed by atoms with E-state index in [2.05, 4.69) is 17.0 Å². The molecule has 0 unspecified atom stereocenters. The molecule has 0 saturated carbocycles. The fourth-order valence-corrected chi connectivity index (χ4v) is 6.35. The summed E-state index contributed by atoms with van der Waals surface area (Å²) in [5, 5.41) is 0.507. The van der Waals surface area contributed by atoms with E-state index in [1.807, 2.05) is 78.3 Å². The number of rotatable bonds is 11. The molecule has 0 N–H and O–H groups in total. The van der Waals surface area contributed by atoms with Crippen LogP contribution in [0.3, 0.4) is 0 Å². The van der Waals surface area contributed by atoms with Crippen LogP contribution in [0.1, 0.15) is 23.6 Å². The number of pyridine rings is 1. The first-order chi connectivity index (χ1) is 20.9. The molecule has 0 aliphatic carbocycles. The molecule has 5 rings (SSSR count). The van der Waals surface area contributed by atoms with E-state index >= 15 is 0 Å². The van der Waals surface area contributed by atoms with Gasteiger partial charge < -0.3 is 23.5 Å². The summed E-state index contributed by atoms with van der Waals surface area (Å²) in [5.74, 6) is 1.37. The third-order valence-corrected chi connectivity index (χ3v) is 8.36. The first kappa shape index (κ1) is 29.9. The quantitative estimate of drug-likeness (QED) is 0.152. The molecule has 8 nitrogen and oxygen atoms in total. The number of nitrogens with zero attached hydrogens (tertiary/aromatic N) is 2. The maximum Gasteiger partial charge on any atom is 0.514 e. The molecular formula is C34H34N2O6S. The van der Waals surface area contributed by atoms with E-state index in [0.29, 0.717) is 25.0 Å². The van der Waals surface area contributed by atoms with Crippen LogP contribution in [0.15, 0.2) is 89.9 Å². The van der Waals surface area contributed by atoms with E-state index in [9.17, 15) is 9.59 Å². The Kier molecular flexibility index (Phi) is 9.44. The number of hydrogen-bond donors (Lipinski definition) is 0. The number of benzene rings is 3. The Morgan fingerprint density at radius 2 is 1.60 bits per heavy atom. The molecule has 0 amide bonds. The second-order valence-electron chi connectivity index (χ2n) is 10.0. The van der Waals surface area contributed by atoms with Gasteiger partial charge in [0.05, 0.1) is 39.0 Å². The molecule has 9 heteroatoms. The smallest absolute Gasteiger partial charge is 0.497 e. The molecule has 2 heterocycles. The molecular weight excluding hydrogens is 564 g/mol. The lowest BCUT2D eigenvalue weighted by molar-refractivity contribution is 0.104. The normalized spacial score (nSPS) is 11.1. The Labute approximate surface area is 254 Å². The van der Waals surface area contributed by atoms with Crippen LogP contribution in [0.4, 0.5) is 4.79 Å². The summed E-state index contributed by atoms with van der Waals surface area (Å²) in [6.07, 6.45) is 0.663. The molecule has 222 valence electrons. The van der Waals surface area contributed by atoms with E-state index in [0.717, 1.165) is 43.5 Å². The topological polar surface area (TPSA) is 79.2 Å². The van der Waals surface area contributed by atoms with Gasteiger partial charge in [0.25, 0.3) is 0 Å². The summed E-state index contributed by atoms with van der Waals surface area (Å²) in [5.41, 5.74) is 3.53. The van der Waals surface area contributed by atoms with Gasteiger partial charge in [-0.3, -0.25) is 9.69 Å². The van der Waals surface area contributed by atoms with E-state index in [-0.39, 0.29) is 17.8 Å². The third-order valence-electron chi connectivity index (χ3n) is 7.04. The van der Waals surface area contributed by atoms with E-state index in [1.54, 1.807) is 27.3 Å². The van der Waals surface area contributed by atoms with Gasteiger partial charge in [-0.05, 0) is 61.0 Å². The zero-order chi connectivity index (χ0) is 30.3. The maximum atomic E-state index is 14.1. The van der Waals surface area contributed by atoms with Gasteiger partial charge in [0, 0.05) is 23.5 Å². The van der Waals surface area contributed by atoms with Crippen LogP contribution in [-0.4, -0.2) is 43.5 Å². The van der Waals surface area contributed by atoms with E-state index in [4.69, 9.17) is 18.9 Å². The molecule has 0 fully saturated rings. The number of carbonyl (C=O) groups excluding carboxylic acids is 1. The van der Waals surface area contributed by atoms with Crippen LogP contribution in [0, 0.1) is 0 Å². The van der Waals surface area contributed by atoms with Gasteiger partial charge in [-0.15, -0.1) is 11.3 Å². The molecule has 0 radical (unpaired) electrons. The minimum absolute atomic E-state index is 0.0908. The zero-order valence-corrected chi connectivity index (χ0v) is 25.5. The molecule has 3 aromatic carbocycles. The third kappa shape index (κ3) is 6.74. The maximum absolute atomic E-state index is 14.1. The molecule has 0 atom stereocenters. The van der Waals surface area contributed by atoms with Gasteiger partial charge in [0.1, 0.15) is 16.3 Å². The Hall–Kier alpha value is -4.60. The fourth-order valence-electron chi connectivity index (χ4n) is 5.06. The van der Waals surface area contributed by atoms with Gasteiger partial charge >= 0.3 is 6.16 Å². The molecule has 0 spiro atoms. The van der Waals surface area contributed by atoms with Crippen molar-refractivity contribution in [2.24, 2.45) is 0 Å². The Morgan fingerprint density at radius 1 is 0.884 bits per heavy atom. The SMILES string of the molecule is CCOC(=O)Oc1cn(Cc2ccccc2OC)c2sc(-c3ccc(OC)cc3)c(CN(C)Cc3ccccc3)c2c1=O. The highest BCUT2D eigenvalue weighted by Crippen LogP contribution is 2.40. The zero-order valence-electron chi connectivity index (χ0n) is 24.7. The Bertz CT molecular complexity index is 1760. The highest BCUT2D eigenvalue weighted by molar-refractivity contribution is 7.22. The van der Waals surface area contributed by atoms with Crippen molar-refractivity contribution >= 4 is 27.7 Å². The average Bonchev–Trinajstić information content (AvgIpc) is 3.39. The number of para-hydroxylation sites is 1. The van der Waals surface area contributed by atoms with Gasteiger partial charge in [0.15, 0.2) is 5.75 Å². The number of ether oxygens (including phenoxy) is 4. The van der Waals surface area contributed by atoms with Crippen LogP contribution in [-0.2, 0) is 24.4 Å². The number of fused-ring (bicyclic) bond motifs is 1. The lowest BCUT2D eigenvalue weighted by atomic mass is 10.1. The Balaban J connectivity index is 1.71. The first-order valence-electron chi connectivity index (χ1n) is 13.9. The summed E-state index contributed by atoms with van der Waals surface area (Å²) < 4.78 is 23.4. The van der Waals surface area contributed by atoms with Crippen LogP contribution < -0.4 is 19.6 Å². The van der Waals surface area contributed by atoms with Crippen molar-refractivity contribution in [2.45, 2.75) is 26.6 Å². The second-order valence-corrected chi connectivity index (χ2v) is 11.0. The van der Waals surface area contributed by atoms with Crippen LogP contribution >= 0.6 is 11.3 Å². The summed E-state index contributed by atoms with van der Waals surface area (Å²) in [7, 11) is 5.29. The van der Waals surface area contributed by atoms with E-state index in [1.165, 1.54) is 11.3 Å². The number of hydrogen-bond acceptors (Lipinski definition) is 8. The predicted molar refractivity (Wildman–Crippen MR) is 169 cm³/mol. The van der Waals surface area contributed by atoms with Crippen LogP contribution in [0.2, 0.25) is 0 Å². The predicted octanol–water partition coefficient (Wildman–Crippen LogP) is 6.96. The number of thiophene rings is 1. The monoisotopic (exact) mass is 598 g/mol. The van der Waals surface area contributed by atoms with Crippen molar-refractivity contribution in [1.82, 2.24) is 9.47 Å². The van der Waals surface area contributed by atoms with Gasteiger partial charge in [-0.1, -0.05) is 48.5 Å². The summed E-state index contributed by atoms with van der Waals surface area (Å²) in [6, 6.07) is 25.7. The van der Waals surface area contributed by atoms with Crippen molar-refractivity contribution < 1.29 is 23.7 Å². The second kappa shape index (κ2) is 13.6. The van der Waals surface area contributed by atoms with Gasteiger partial charge in [-0.2, -0.15) is 0 Å².